The Morgan fingerprint density at radius 3 is 2.73 bits per heavy atom. The van der Waals surface area contributed by atoms with Gasteiger partial charge in [-0.1, -0.05) is 0 Å². The number of aliphatic hydroxyl groups is 1. The molecule has 4 nitrogen and oxygen atoms in total. The molecule has 0 aliphatic heterocycles. The predicted octanol–water partition coefficient (Wildman–Crippen LogP) is 0.929. The zero-order valence-electron chi connectivity index (χ0n) is 7.97. The standard InChI is InChI=1S/C11H10N2O2/c14-7-8-5-10(11(15)13-6-8)9-1-3-12-4-2-9/h1-6,14H,7H2,(H,13,15). The fourth-order valence-corrected chi connectivity index (χ4v) is 1.37. The Kier molecular flexibility index (Phi) is 2.60. The topological polar surface area (TPSA) is 66.0 Å². The van der Waals surface area contributed by atoms with Gasteiger partial charge in [-0.25, -0.2) is 0 Å². The van der Waals surface area contributed by atoms with E-state index in [9.17, 15) is 4.79 Å². The third kappa shape index (κ3) is 1.94. The average Bonchev–Trinajstić information content (AvgIpc) is 2.31. The highest BCUT2D eigenvalue weighted by atomic mass is 16.3. The minimum Gasteiger partial charge on any atom is -0.392 e. The summed E-state index contributed by atoms with van der Waals surface area (Å²) in [5.74, 6) is 0. The number of nitrogens with zero attached hydrogens (tertiary/aromatic N) is 1. The fraction of sp³-hybridized carbons (Fsp3) is 0.0909. The second-order valence-electron chi connectivity index (χ2n) is 3.14. The van der Waals surface area contributed by atoms with Gasteiger partial charge < -0.3 is 10.1 Å². The number of hydrogen-bond acceptors (Lipinski definition) is 3. The Labute approximate surface area is 86.2 Å². The van der Waals surface area contributed by atoms with E-state index in [-0.39, 0.29) is 12.2 Å². The van der Waals surface area contributed by atoms with Crippen LogP contribution in [0.15, 0.2) is 41.6 Å². The number of pyridine rings is 2. The van der Waals surface area contributed by atoms with Gasteiger partial charge in [0.2, 0.25) is 0 Å². The molecular weight excluding hydrogens is 192 g/mol. The van der Waals surface area contributed by atoms with E-state index in [1.807, 2.05) is 0 Å². The Hall–Kier alpha value is -1.94. The monoisotopic (exact) mass is 202 g/mol. The molecule has 76 valence electrons. The maximum atomic E-state index is 11.5. The molecule has 2 aromatic rings. The molecule has 0 fully saturated rings. The van der Waals surface area contributed by atoms with Crippen molar-refractivity contribution >= 4 is 0 Å². The molecule has 2 N–H and O–H groups in total. The lowest BCUT2D eigenvalue weighted by molar-refractivity contribution is 0.281. The summed E-state index contributed by atoms with van der Waals surface area (Å²) in [4.78, 5) is 18.0. The molecule has 0 atom stereocenters. The van der Waals surface area contributed by atoms with Gasteiger partial charge in [0.15, 0.2) is 0 Å². The van der Waals surface area contributed by atoms with Crippen LogP contribution in [0.1, 0.15) is 5.56 Å². The van der Waals surface area contributed by atoms with Crippen molar-refractivity contribution in [3.8, 4) is 11.1 Å². The molecule has 2 aromatic heterocycles. The Bertz CT molecular complexity index is 505. The largest absolute Gasteiger partial charge is 0.392 e. The van der Waals surface area contributed by atoms with Crippen molar-refractivity contribution in [3.05, 3.63) is 52.7 Å². The number of aromatic nitrogens is 2. The van der Waals surface area contributed by atoms with Crippen molar-refractivity contribution in [2.24, 2.45) is 0 Å². The molecule has 0 radical (unpaired) electrons. The lowest BCUT2D eigenvalue weighted by atomic mass is 10.1. The first-order valence-electron chi connectivity index (χ1n) is 4.54. The average molecular weight is 202 g/mol. The van der Waals surface area contributed by atoms with Crippen LogP contribution in [0.3, 0.4) is 0 Å². The van der Waals surface area contributed by atoms with Crippen LogP contribution in [0.2, 0.25) is 0 Å². The molecule has 0 bridgehead atoms. The number of H-pyrrole nitrogens is 1. The van der Waals surface area contributed by atoms with Crippen molar-refractivity contribution in [1.82, 2.24) is 9.97 Å². The molecule has 0 unspecified atom stereocenters. The first-order chi connectivity index (χ1) is 7.31. The molecular formula is C11H10N2O2. The zero-order chi connectivity index (χ0) is 10.7. The minimum absolute atomic E-state index is 0.0884. The third-order valence-electron chi connectivity index (χ3n) is 2.14. The van der Waals surface area contributed by atoms with Gasteiger partial charge in [-0.15, -0.1) is 0 Å². The molecule has 0 saturated heterocycles. The van der Waals surface area contributed by atoms with E-state index in [1.165, 1.54) is 6.20 Å². The highest BCUT2D eigenvalue weighted by Gasteiger charge is 2.03. The number of aromatic amines is 1. The second kappa shape index (κ2) is 4.06. The quantitative estimate of drug-likeness (QED) is 0.761. The SMILES string of the molecule is O=c1[nH]cc(CO)cc1-c1ccncc1. The van der Waals surface area contributed by atoms with Crippen LogP contribution < -0.4 is 5.56 Å². The molecule has 4 heteroatoms. The minimum atomic E-state index is -0.168. The van der Waals surface area contributed by atoms with Gasteiger partial charge in [0.25, 0.3) is 5.56 Å². The summed E-state index contributed by atoms with van der Waals surface area (Å²) in [5, 5.41) is 8.97. The lowest BCUT2D eigenvalue weighted by Gasteiger charge is -2.01. The summed E-state index contributed by atoms with van der Waals surface area (Å²) in [6.45, 7) is -0.0884. The van der Waals surface area contributed by atoms with E-state index in [4.69, 9.17) is 5.11 Å². The zero-order valence-corrected chi connectivity index (χ0v) is 7.97. The van der Waals surface area contributed by atoms with E-state index in [0.29, 0.717) is 11.1 Å². The van der Waals surface area contributed by atoms with E-state index >= 15 is 0 Å². The molecule has 0 spiro atoms. The van der Waals surface area contributed by atoms with Gasteiger partial charge in [0.1, 0.15) is 0 Å². The second-order valence-corrected chi connectivity index (χ2v) is 3.14. The maximum absolute atomic E-state index is 11.5. The molecule has 15 heavy (non-hydrogen) atoms. The Balaban J connectivity index is 2.57. The number of rotatable bonds is 2. The number of aliphatic hydroxyl groups excluding tert-OH is 1. The lowest BCUT2D eigenvalue weighted by Crippen LogP contribution is -2.09. The molecule has 2 heterocycles. The highest BCUT2D eigenvalue weighted by Crippen LogP contribution is 2.14. The van der Waals surface area contributed by atoms with Crippen molar-refractivity contribution in [3.63, 3.8) is 0 Å². The van der Waals surface area contributed by atoms with Gasteiger partial charge in [-0.05, 0) is 29.3 Å². The first-order valence-corrected chi connectivity index (χ1v) is 4.54. The number of hydrogen-bond donors (Lipinski definition) is 2. The van der Waals surface area contributed by atoms with Crippen LogP contribution in [-0.2, 0) is 6.61 Å². The van der Waals surface area contributed by atoms with E-state index in [1.54, 1.807) is 30.6 Å². The van der Waals surface area contributed by atoms with E-state index in [2.05, 4.69) is 9.97 Å². The van der Waals surface area contributed by atoms with Crippen molar-refractivity contribution in [1.29, 1.82) is 0 Å². The summed E-state index contributed by atoms with van der Waals surface area (Å²) >= 11 is 0. The van der Waals surface area contributed by atoms with E-state index in [0.717, 1.165) is 5.56 Å². The summed E-state index contributed by atoms with van der Waals surface area (Å²) in [7, 11) is 0. The molecule has 0 aromatic carbocycles. The van der Waals surface area contributed by atoms with Crippen molar-refractivity contribution in [2.75, 3.05) is 0 Å². The molecule has 0 aliphatic rings. The van der Waals surface area contributed by atoms with Crippen molar-refractivity contribution in [2.45, 2.75) is 6.61 Å². The predicted molar refractivity (Wildman–Crippen MR) is 56.2 cm³/mol. The van der Waals surface area contributed by atoms with Crippen LogP contribution in [0, 0.1) is 0 Å². The van der Waals surface area contributed by atoms with Crippen LogP contribution in [-0.4, -0.2) is 15.1 Å². The van der Waals surface area contributed by atoms with Crippen LogP contribution in [0.25, 0.3) is 11.1 Å². The highest BCUT2D eigenvalue weighted by molar-refractivity contribution is 5.62. The molecule has 2 rings (SSSR count). The van der Waals surface area contributed by atoms with Crippen LogP contribution >= 0.6 is 0 Å². The fourth-order valence-electron chi connectivity index (χ4n) is 1.37. The van der Waals surface area contributed by atoms with Gasteiger partial charge >= 0.3 is 0 Å². The Morgan fingerprint density at radius 1 is 1.33 bits per heavy atom. The van der Waals surface area contributed by atoms with Crippen LogP contribution in [0.4, 0.5) is 0 Å². The van der Waals surface area contributed by atoms with Gasteiger partial charge in [0, 0.05) is 24.2 Å². The number of nitrogens with one attached hydrogen (secondary N) is 1. The molecule has 0 saturated carbocycles. The summed E-state index contributed by atoms with van der Waals surface area (Å²) < 4.78 is 0. The van der Waals surface area contributed by atoms with Gasteiger partial charge in [0.05, 0.1) is 6.61 Å². The third-order valence-corrected chi connectivity index (χ3v) is 2.14. The molecule has 0 aliphatic carbocycles. The summed E-state index contributed by atoms with van der Waals surface area (Å²) in [6, 6.07) is 5.19. The van der Waals surface area contributed by atoms with E-state index < -0.39 is 0 Å². The van der Waals surface area contributed by atoms with Crippen molar-refractivity contribution < 1.29 is 5.11 Å². The van der Waals surface area contributed by atoms with Gasteiger partial charge in [-0.2, -0.15) is 0 Å². The summed E-state index contributed by atoms with van der Waals surface area (Å²) in [5.41, 5.74) is 1.85. The smallest absolute Gasteiger partial charge is 0.255 e. The van der Waals surface area contributed by atoms with Crippen LogP contribution in [0.5, 0.6) is 0 Å². The van der Waals surface area contributed by atoms with Gasteiger partial charge in [-0.3, -0.25) is 9.78 Å². The normalized spacial score (nSPS) is 10.2. The first kappa shape index (κ1) is 9.61. The molecule has 0 amide bonds. The Morgan fingerprint density at radius 2 is 2.07 bits per heavy atom. The maximum Gasteiger partial charge on any atom is 0.255 e. The summed E-state index contributed by atoms with van der Waals surface area (Å²) in [6.07, 6.45) is 4.76.